The maximum Gasteiger partial charge on any atom is 0.362 e. The highest BCUT2D eigenvalue weighted by Crippen LogP contribution is 2.34. The fourth-order valence-electron chi connectivity index (χ4n) is 7.15. The van der Waals surface area contributed by atoms with Crippen LogP contribution < -0.4 is 5.11 Å². The lowest BCUT2D eigenvalue weighted by Gasteiger charge is -2.52. The maximum atomic E-state index is 12.6. The third kappa shape index (κ3) is 18.1. The minimum atomic E-state index is -1.34. The van der Waals surface area contributed by atoms with Crippen LogP contribution in [0.2, 0.25) is 0 Å². The number of carbonyl (C=O) groups is 3. The van der Waals surface area contributed by atoms with Crippen molar-refractivity contribution < 1.29 is 34.2 Å². The van der Waals surface area contributed by atoms with E-state index in [0.29, 0.717) is 25.7 Å². The summed E-state index contributed by atoms with van der Waals surface area (Å²) in [6.45, 7) is 8.06. The highest BCUT2D eigenvalue weighted by Gasteiger charge is 2.54. The van der Waals surface area contributed by atoms with Crippen molar-refractivity contribution in [3.63, 3.8) is 0 Å². The normalized spacial score (nSPS) is 15.1. The number of carboxylic acids is 3. The van der Waals surface area contributed by atoms with Gasteiger partial charge in [0.1, 0.15) is 6.04 Å². The average molecular weight is 638 g/mol. The Morgan fingerprint density at radius 3 is 1.18 bits per heavy atom. The summed E-state index contributed by atoms with van der Waals surface area (Å²) in [6.07, 6.45) is 30.1. The third-order valence-electron chi connectivity index (χ3n) is 9.58. The predicted octanol–water partition coefficient (Wildman–Crippen LogP) is 9.22. The minimum Gasteiger partial charge on any atom is -0.544 e. The molecule has 3 unspecified atom stereocenters. The molecule has 3 atom stereocenters. The number of rotatable bonds is 33. The highest BCUT2D eigenvalue weighted by atomic mass is 16.4. The van der Waals surface area contributed by atoms with Crippen LogP contribution in [0.3, 0.4) is 0 Å². The van der Waals surface area contributed by atoms with E-state index < -0.39 is 40.5 Å². The molecule has 0 radical (unpaired) electrons. The molecule has 0 amide bonds. The molecule has 0 aliphatic heterocycles. The summed E-state index contributed by atoms with van der Waals surface area (Å²) in [5, 5.41) is 33.1. The Morgan fingerprint density at radius 2 is 0.844 bits per heavy atom. The van der Waals surface area contributed by atoms with E-state index in [-0.39, 0.29) is 25.8 Å². The summed E-state index contributed by atoms with van der Waals surface area (Å²) in [5.74, 6) is -3.57. The van der Waals surface area contributed by atoms with Gasteiger partial charge >= 0.3 is 11.9 Å². The van der Waals surface area contributed by atoms with Crippen molar-refractivity contribution in [1.82, 2.24) is 0 Å². The van der Waals surface area contributed by atoms with E-state index in [1.807, 2.05) is 20.8 Å². The van der Waals surface area contributed by atoms with Crippen LogP contribution in [0.15, 0.2) is 12.2 Å². The molecular weight excluding hydrogens is 566 g/mol. The summed E-state index contributed by atoms with van der Waals surface area (Å²) in [7, 11) is 0. The van der Waals surface area contributed by atoms with Gasteiger partial charge in [0, 0.05) is 19.3 Å². The summed E-state index contributed by atoms with van der Waals surface area (Å²) >= 11 is 0. The van der Waals surface area contributed by atoms with E-state index in [2.05, 4.69) is 19.1 Å². The van der Waals surface area contributed by atoms with Gasteiger partial charge < -0.3 is 20.1 Å². The zero-order chi connectivity index (χ0) is 33.8. The molecular formula is C38H71NO6. The summed E-state index contributed by atoms with van der Waals surface area (Å²) in [6, 6.07) is -3.35. The fraction of sp³-hybridized carbons (Fsp3) is 0.868. The van der Waals surface area contributed by atoms with Crippen LogP contribution in [0.5, 0.6) is 0 Å². The molecule has 0 bridgehead atoms. The zero-order valence-corrected chi connectivity index (χ0v) is 29.7. The van der Waals surface area contributed by atoms with Crippen LogP contribution in [-0.2, 0) is 14.4 Å². The molecule has 0 aromatic rings. The lowest BCUT2D eigenvalue weighted by Crippen LogP contribution is -2.74. The number of nitrogens with zero attached hydrogens (tertiary/aromatic N) is 1. The highest BCUT2D eigenvalue weighted by molar-refractivity contribution is 5.77. The van der Waals surface area contributed by atoms with Gasteiger partial charge in [0.05, 0.1) is 12.5 Å². The molecule has 264 valence electrons. The van der Waals surface area contributed by atoms with Gasteiger partial charge in [0.15, 0.2) is 12.1 Å². The van der Waals surface area contributed by atoms with Gasteiger partial charge in [-0.05, 0) is 51.4 Å². The largest absolute Gasteiger partial charge is 0.544 e. The first-order chi connectivity index (χ1) is 21.7. The molecule has 0 aromatic heterocycles. The number of carbonyl (C=O) groups excluding carboxylic acids is 1. The molecule has 0 spiro atoms. The number of hydrogen-bond acceptors (Lipinski definition) is 4. The van der Waals surface area contributed by atoms with Crippen LogP contribution in [0.1, 0.15) is 188 Å². The standard InChI is InChI=1S/C38H71NO6/c1-5-9-10-11-12-13-14-15-16-17-18-19-20-21-22-23-24-25-26-27-28-32-39(33(29-6-2)36(40)41,34(30-7-3)37(42)43)35(31-8-4)38(44)45/h22-23,33-35H,5-21,24-32H2,1-4H3,(H2-,40,41,42,43,44,45)/b23-22+. The quantitative estimate of drug-likeness (QED) is 0.0421. The SMILES string of the molecule is CCCCCCCCCCCCCCC/C=C/CCCCCC[N+](C(CCC)C(=O)[O-])(C(CCC)C(=O)O)C(CCC)C(=O)O. The van der Waals surface area contributed by atoms with Gasteiger partial charge in [0.25, 0.3) is 0 Å². The lowest BCUT2D eigenvalue weighted by molar-refractivity contribution is -0.975. The van der Waals surface area contributed by atoms with Crippen molar-refractivity contribution in [1.29, 1.82) is 0 Å². The van der Waals surface area contributed by atoms with Crippen molar-refractivity contribution in [2.45, 2.75) is 206 Å². The first kappa shape index (κ1) is 43.1. The molecule has 7 heteroatoms. The molecule has 2 N–H and O–H groups in total. The fourth-order valence-corrected chi connectivity index (χ4v) is 7.15. The van der Waals surface area contributed by atoms with Gasteiger partial charge in [0.2, 0.25) is 0 Å². The van der Waals surface area contributed by atoms with Crippen molar-refractivity contribution in [3.05, 3.63) is 12.2 Å². The monoisotopic (exact) mass is 638 g/mol. The number of hydrogen-bond donors (Lipinski definition) is 2. The second-order valence-corrected chi connectivity index (χ2v) is 13.3. The summed E-state index contributed by atoms with van der Waals surface area (Å²) < 4.78 is -0.443. The summed E-state index contributed by atoms with van der Waals surface area (Å²) in [4.78, 5) is 37.7. The van der Waals surface area contributed by atoms with Crippen LogP contribution in [0.4, 0.5) is 0 Å². The van der Waals surface area contributed by atoms with Crippen molar-refractivity contribution in [3.8, 4) is 0 Å². The number of carboxylic acid groups (broad SMARTS) is 3. The molecule has 0 aliphatic carbocycles. The van der Waals surface area contributed by atoms with E-state index in [0.717, 1.165) is 32.1 Å². The molecule has 0 fully saturated rings. The number of quaternary nitrogens is 1. The number of aliphatic carboxylic acids is 3. The van der Waals surface area contributed by atoms with Gasteiger partial charge in [-0.3, -0.25) is 4.48 Å². The van der Waals surface area contributed by atoms with Gasteiger partial charge in [-0.25, -0.2) is 9.59 Å². The summed E-state index contributed by atoms with van der Waals surface area (Å²) in [5.41, 5.74) is 0. The van der Waals surface area contributed by atoms with Gasteiger partial charge in [-0.1, -0.05) is 130 Å². The molecule has 0 saturated heterocycles. The molecule has 0 rings (SSSR count). The minimum absolute atomic E-state index is 0.202. The third-order valence-corrected chi connectivity index (χ3v) is 9.58. The molecule has 7 nitrogen and oxygen atoms in total. The average Bonchev–Trinajstić information content (AvgIpc) is 3.00. The Labute approximate surface area is 276 Å². The van der Waals surface area contributed by atoms with Crippen LogP contribution in [0.25, 0.3) is 0 Å². The Kier molecular flexibility index (Phi) is 27.2. The smallest absolute Gasteiger partial charge is 0.362 e. The van der Waals surface area contributed by atoms with Gasteiger partial charge in [-0.2, -0.15) is 0 Å². The molecule has 0 aromatic carbocycles. The molecule has 0 heterocycles. The van der Waals surface area contributed by atoms with E-state index in [1.54, 1.807) is 0 Å². The molecule has 45 heavy (non-hydrogen) atoms. The Bertz CT molecular complexity index is 722. The first-order valence-electron chi connectivity index (χ1n) is 18.9. The molecule has 0 aliphatic rings. The Balaban J connectivity index is 4.71. The zero-order valence-electron chi connectivity index (χ0n) is 29.7. The molecule has 0 saturated carbocycles. The van der Waals surface area contributed by atoms with E-state index >= 15 is 0 Å². The second kappa shape index (κ2) is 28.3. The van der Waals surface area contributed by atoms with E-state index in [9.17, 15) is 29.7 Å². The lowest BCUT2D eigenvalue weighted by atomic mass is 9.91. The van der Waals surface area contributed by atoms with Crippen molar-refractivity contribution >= 4 is 17.9 Å². The van der Waals surface area contributed by atoms with Crippen molar-refractivity contribution in [2.24, 2.45) is 0 Å². The first-order valence-corrected chi connectivity index (χ1v) is 18.9. The number of allylic oxidation sites excluding steroid dienone is 2. The number of unbranched alkanes of at least 4 members (excludes halogenated alkanes) is 17. The maximum absolute atomic E-state index is 12.6. The van der Waals surface area contributed by atoms with E-state index in [4.69, 9.17) is 0 Å². The van der Waals surface area contributed by atoms with Crippen LogP contribution in [0, 0.1) is 0 Å². The van der Waals surface area contributed by atoms with Gasteiger partial charge in [-0.15, -0.1) is 0 Å². The van der Waals surface area contributed by atoms with Crippen LogP contribution in [-0.4, -0.2) is 57.3 Å². The van der Waals surface area contributed by atoms with E-state index in [1.165, 1.54) is 83.5 Å². The van der Waals surface area contributed by atoms with Crippen LogP contribution >= 0.6 is 0 Å². The topological polar surface area (TPSA) is 115 Å². The Hall–Kier alpha value is -1.89. The van der Waals surface area contributed by atoms with Crippen molar-refractivity contribution in [2.75, 3.05) is 6.54 Å². The second-order valence-electron chi connectivity index (χ2n) is 13.3. The predicted molar refractivity (Wildman–Crippen MR) is 184 cm³/mol. The Morgan fingerprint density at radius 1 is 0.511 bits per heavy atom.